The Kier molecular flexibility index (Phi) is 9.33. The van der Waals surface area contributed by atoms with E-state index < -0.39 is 94.6 Å². The molecular weight excluding hydrogens is 592 g/mol. The average Bonchev–Trinajstić information content (AvgIpc) is 3.51. The maximum atomic E-state index is 13.3. The number of fused-ring (bicyclic) bond motifs is 1. The van der Waals surface area contributed by atoms with E-state index in [4.69, 9.17) is 28.4 Å². The van der Waals surface area contributed by atoms with Gasteiger partial charge >= 0.3 is 29.8 Å². The van der Waals surface area contributed by atoms with Crippen LogP contribution in [0.1, 0.15) is 81.1 Å². The van der Waals surface area contributed by atoms with Crippen molar-refractivity contribution in [2.75, 3.05) is 0 Å². The second-order valence-electron chi connectivity index (χ2n) is 13.0. The summed E-state index contributed by atoms with van der Waals surface area (Å²) in [7, 11) is 0. The van der Waals surface area contributed by atoms with E-state index in [0.717, 1.165) is 33.6 Å². The van der Waals surface area contributed by atoms with Gasteiger partial charge in [0.25, 0.3) is 0 Å². The first-order chi connectivity index (χ1) is 20.9. The first-order valence-electron chi connectivity index (χ1n) is 15.3. The second-order valence-corrected chi connectivity index (χ2v) is 13.0. The van der Waals surface area contributed by atoms with Gasteiger partial charge in [0.2, 0.25) is 0 Å². The fraction of sp³-hybridized carbons (Fsp3) is 0.719. The molecule has 2 aliphatic carbocycles. The monoisotopic (exact) mass is 636 g/mol. The Bertz CT molecular complexity index is 1300. The van der Waals surface area contributed by atoms with E-state index in [-0.39, 0.29) is 12.0 Å². The van der Waals surface area contributed by atoms with Crippen LogP contribution >= 0.6 is 0 Å². The summed E-state index contributed by atoms with van der Waals surface area (Å²) in [5.41, 5.74) is -6.81. The van der Waals surface area contributed by atoms with Gasteiger partial charge in [-0.25, -0.2) is 4.79 Å². The van der Waals surface area contributed by atoms with Crippen molar-refractivity contribution in [1.82, 2.24) is 0 Å². The highest BCUT2D eigenvalue weighted by molar-refractivity contribution is 5.89. The molecule has 0 radical (unpaired) electrons. The van der Waals surface area contributed by atoms with Crippen molar-refractivity contribution in [3.05, 3.63) is 23.8 Å². The van der Waals surface area contributed by atoms with E-state index in [1.807, 2.05) is 6.92 Å². The smallest absolute Gasteiger partial charge is 0.342 e. The van der Waals surface area contributed by atoms with E-state index in [0.29, 0.717) is 6.42 Å². The third-order valence-corrected chi connectivity index (χ3v) is 9.57. The molecule has 0 saturated carbocycles. The first-order valence-corrected chi connectivity index (χ1v) is 15.3. The van der Waals surface area contributed by atoms with Crippen molar-refractivity contribution in [1.29, 1.82) is 0 Å². The number of aliphatic hydroxyl groups is 2. The molecule has 0 aromatic heterocycles. The van der Waals surface area contributed by atoms with Gasteiger partial charge < -0.3 is 38.6 Å². The van der Waals surface area contributed by atoms with Crippen LogP contribution in [-0.4, -0.2) is 93.5 Å². The van der Waals surface area contributed by atoms with E-state index in [2.05, 4.69) is 0 Å². The van der Waals surface area contributed by atoms with Crippen LogP contribution in [-0.2, 0) is 52.4 Å². The van der Waals surface area contributed by atoms with Crippen LogP contribution in [0.2, 0.25) is 0 Å². The van der Waals surface area contributed by atoms with Gasteiger partial charge in [-0.3, -0.25) is 19.2 Å². The SMILES string of the molecule is CCCCCC(=O)O[C@H]1/C(C)=C\[C@@H]2OC(=O)[C@]3(C)O[C@]23[C@H](OC(C)=O)[C@H]2[C@](C)(O)[C@H](OC(C)=O)C=C[C@@]2(C)[C@@H](OC(C)=O)[C@@H]1O. The summed E-state index contributed by atoms with van der Waals surface area (Å²) < 4.78 is 34.9. The molecule has 0 unspecified atom stereocenters. The summed E-state index contributed by atoms with van der Waals surface area (Å²) in [4.78, 5) is 63.7. The lowest BCUT2D eigenvalue weighted by molar-refractivity contribution is -0.230. The molecule has 13 nitrogen and oxygen atoms in total. The number of epoxide rings is 1. The Morgan fingerprint density at radius 2 is 1.53 bits per heavy atom. The topological polar surface area (TPSA) is 184 Å². The van der Waals surface area contributed by atoms with E-state index >= 15 is 0 Å². The Morgan fingerprint density at radius 3 is 2.09 bits per heavy atom. The van der Waals surface area contributed by atoms with Crippen LogP contribution < -0.4 is 0 Å². The summed E-state index contributed by atoms with van der Waals surface area (Å²) >= 11 is 0. The highest BCUT2D eigenvalue weighted by Gasteiger charge is 2.88. The van der Waals surface area contributed by atoms with Gasteiger partial charge in [-0.05, 0) is 44.9 Å². The van der Waals surface area contributed by atoms with Crippen LogP contribution in [0.5, 0.6) is 0 Å². The lowest BCUT2D eigenvalue weighted by Crippen LogP contribution is -2.69. The number of rotatable bonds is 8. The molecule has 45 heavy (non-hydrogen) atoms. The van der Waals surface area contributed by atoms with Crippen molar-refractivity contribution >= 4 is 29.8 Å². The average molecular weight is 637 g/mol. The molecule has 0 bridgehead atoms. The zero-order valence-corrected chi connectivity index (χ0v) is 27.0. The van der Waals surface area contributed by atoms with Crippen molar-refractivity contribution in [2.24, 2.45) is 11.3 Å². The van der Waals surface area contributed by atoms with Gasteiger partial charge in [-0.1, -0.05) is 32.8 Å². The first kappa shape index (κ1) is 34.6. The third kappa shape index (κ3) is 5.78. The number of carbonyl (C=O) groups excluding carboxylic acids is 5. The number of aliphatic hydroxyl groups excluding tert-OH is 1. The summed E-state index contributed by atoms with van der Waals surface area (Å²) in [6, 6.07) is 0. The quantitative estimate of drug-likeness (QED) is 0.130. The molecule has 1 spiro atoms. The normalized spacial score (nSPS) is 42.8. The Hall–Kier alpha value is -3.29. The standard InChI is InChI=1S/C32H44O13/c1-9-10-11-12-22(36)44-24-16(2)15-21-32(31(8,45-32)28(38)43-21)27(42-19(5)35)25-29(6,26(23(24)37)41-18(4)34)14-13-20(30(25,7)39)40-17(3)33/h13-15,20-21,23-27,37,39H,9-12H2,1-8H3/b16-15-/t20-,21+,23-,24+,25-,26+,27-,29-,30-,31+,32+/m1/s1. The largest absolute Gasteiger partial charge is 0.459 e. The van der Waals surface area contributed by atoms with Crippen LogP contribution in [0.25, 0.3) is 0 Å². The highest BCUT2D eigenvalue weighted by atomic mass is 16.7. The Morgan fingerprint density at radius 1 is 0.933 bits per heavy atom. The van der Waals surface area contributed by atoms with Crippen molar-refractivity contribution in [2.45, 2.75) is 135 Å². The molecule has 2 saturated heterocycles. The van der Waals surface area contributed by atoms with Crippen molar-refractivity contribution in [3.63, 3.8) is 0 Å². The molecule has 0 aromatic carbocycles. The molecular formula is C32H44O13. The van der Waals surface area contributed by atoms with Gasteiger partial charge in [-0.2, -0.15) is 0 Å². The van der Waals surface area contributed by atoms with Crippen LogP contribution in [0.4, 0.5) is 0 Å². The van der Waals surface area contributed by atoms with Crippen LogP contribution in [0.15, 0.2) is 23.8 Å². The van der Waals surface area contributed by atoms with Crippen LogP contribution in [0, 0.1) is 11.3 Å². The number of esters is 5. The van der Waals surface area contributed by atoms with Gasteiger partial charge in [0.15, 0.2) is 23.4 Å². The molecule has 0 amide bonds. The molecule has 2 N–H and O–H groups in total. The fourth-order valence-corrected chi connectivity index (χ4v) is 7.42. The third-order valence-electron chi connectivity index (χ3n) is 9.57. The lowest BCUT2D eigenvalue weighted by Gasteiger charge is -2.55. The molecule has 0 aromatic rings. The predicted molar refractivity (Wildman–Crippen MR) is 154 cm³/mol. The predicted octanol–water partition coefficient (Wildman–Crippen LogP) is 1.99. The van der Waals surface area contributed by atoms with E-state index in [9.17, 15) is 34.2 Å². The number of hydrogen-bond acceptors (Lipinski definition) is 13. The minimum absolute atomic E-state index is 0.0687. The number of unbranched alkanes of at least 4 members (excludes halogenated alkanes) is 2. The van der Waals surface area contributed by atoms with E-state index in [1.165, 1.54) is 32.1 Å². The van der Waals surface area contributed by atoms with E-state index in [1.54, 1.807) is 13.8 Å². The maximum Gasteiger partial charge on any atom is 0.342 e. The zero-order chi connectivity index (χ0) is 33.7. The van der Waals surface area contributed by atoms with Crippen molar-refractivity contribution in [3.8, 4) is 0 Å². The zero-order valence-electron chi connectivity index (χ0n) is 27.0. The minimum Gasteiger partial charge on any atom is -0.459 e. The van der Waals surface area contributed by atoms with Gasteiger partial charge in [0.05, 0.1) is 0 Å². The molecule has 2 aliphatic heterocycles. The van der Waals surface area contributed by atoms with Gasteiger partial charge in [0, 0.05) is 38.5 Å². The van der Waals surface area contributed by atoms with Gasteiger partial charge in [0.1, 0.15) is 30.0 Å². The Labute approximate surface area is 262 Å². The molecule has 250 valence electrons. The number of ether oxygens (including phenoxy) is 6. The maximum absolute atomic E-state index is 13.3. The second kappa shape index (κ2) is 12.1. The highest BCUT2D eigenvalue weighted by Crippen LogP contribution is 2.65. The molecule has 4 rings (SSSR count). The lowest BCUT2D eigenvalue weighted by atomic mass is 9.55. The summed E-state index contributed by atoms with van der Waals surface area (Å²) in [5, 5.41) is 24.3. The summed E-state index contributed by atoms with van der Waals surface area (Å²) in [5.74, 6) is -5.05. The molecule has 13 heteroatoms. The Balaban J connectivity index is 2.01. The molecule has 11 atom stereocenters. The molecule has 2 fully saturated rings. The van der Waals surface area contributed by atoms with Crippen LogP contribution in [0.3, 0.4) is 0 Å². The fourth-order valence-electron chi connectivity index (χ4n) is 7.42. The molecule has 2 heterocycles. The van der Waals surface area contributed by atoms with Crippen molar-refractivity contribution < 1.29 is 62.6 Å². The molecule has 4 aliphatic rings. The number of carbonyl (C=O) groups is 5. The minimum atomic E-state index is -2.09. The summed E-state index contributed by atoms with van der Waals surface area (Å²) in [6.07, 6.45) is -2.05. The number of hydrogen-bond donors (Lipinski definition) is 2. The van der Waals surface area contributed by atoms with Gasteiger partial charge in [-0.15, -0.1) is 0 Å². The summed E-state index contributed by atoms with van der Waals surface area (Å²) in [6.45, 7) is 11.4.